The number of aliphatic hydroxyl groups excluding tert-OH is 1. The number of carbonyl (C=O) groups is 2. The van der Waals surface area contributed by atoms with Crippen LogP contribution in [-0.4, -0.2) is 46.5 Å². The fourth-order valence-corrected chi connectivity index (χ4v) is 4.24. The van der Waals surface area contributed by atoms with Crippen LogP contribution in [-0.2, 0) is 25.4 Å². The van der Waals surface area contributed by atoms with E-state index in [9.17, 15) is 34.2 Å². The van der Waals surface area contributed by atoms with Crippen LogP contribution in [0.2, 0.25) is 0 Å². The number of nitrogens with zero attached hydrogens (tertiary/aromatic N) is 1. The maximum atomic E-state index is 12.6. The molecule has 11 nitrogen and oxygen atoms in total. The molecule has 0 aromatic heterocycles. The highest BCUT2D eigenvalue weighted by atomic mass is 31.2. The third kappa shape index (κ3) is 6.88. The third-order valence-electron chi connectivity index (χ3n) is 4.51. The van der Waals surface area contributed by atoms with Gasteiger partial charge >= 0.3 is 12.1 Å². The molecule has 4 N–H and O–H groups in total. The van der Waals surface area contributed by atoms with Crippen molar-refractivity contribution in [3.63, 3.8) is 0 Å². The number of rotatable bonds is 10. The van der Waals surface area contributed by atoms with Crippen molar-refractivity contribution in [3.05, 3.63) is 64.6 Å². The van der Waals surface area contributed by atoms with Crippen LogP contribution < -0.4 is 5.32 Å². The molecule has 1 amide bonds. The van der Waals surface area contributed by atoms with Gasteiger partial charge in [0.1, 0.15) is 24.1 Å². The minimum absolute atomic E-state index is 0.0499. The second-order valence-corrected chi connectivity index (χ2v) is 9.21. The topological polar surface area (TPSA) is 172 Å². The molecule has 32 heavy (non-hydrogen) atoms. The van der Waals surface area contributed by atoms with Crippen molar-refractivity contribution in [1.29, 1.82) is 0 Å². The first kappa shape index (κ1) is 25.0. The zero-order valence-corrected chi connectivity index (χ0v) is 18.0. The SMILES string of the molecule is COC(=O)[C@H](CCP(=O)(O)C(O)c1ccc(O)c(N=O)c1)NC(=O)OCc1ccccc1. The summed E-state index contributed by atoms with van der Waals surface area (Å²) in [5.74, 6) is -3.23. The number of hydrogen-bond acceptors (Lipinski definition) is 9. The minimum atomic E-state index is -4.33. The summed E-state index contributed by atoms with van der Waals surface area (Å²) in [7, 11) is -3.24. The van der Waals surface area contributed by atoms with Gasteiger partial charge in [-0.15, -0.1) is 4.91 Å². The molecule has 0 heterocycles. The second kappa shape index (κ2) is 11.4. The van der Waals surface area contributed by atoms with Gasteiger partial charge in [0.2, 0.25) is 7.37 Å². The van der Waals surface area contributed by atoms with Crippen molar-refractivity contribution in [1.82, 2.24) is 5.32 Å². The Hall–Kier alpha value is -3.27. The number of nitrogens with one attached hydrogen (secondary N) is 1. The maximum Gasteiger partial charge on any atom is 0.408 e. The molecule has 0 spiro atoms. The van der Waals surface area contributed by atoms with Crippen molar-refractivity contribution in [2.24, 2.45) is 5.18 Å². The molecule has 12 heteroatoms. The number of carbonyl (C=O) groups excluding carboxylic acids is 2. The van der Waals surface area contributed by atoms with Crippen molar-refractivity contribution in [3.8, 4) is 5.75 Å². The number of alkyl carbamates (subject to hydrolysis) is 1. The Balaban J connectivity index is 2.01. The van der Waals surface area contributed by atoms with E-state index >= 15 is 0 Å². The fourth-order valence-electron chi connectivity index (χ4n) is 2.74. The number of methoxy groups -OCH3 is 1. The molecule has 3 atom stereocenters. The van der Waals surface area contributed by atoms with Gasteiger partial charge in [0.25, 0.3) is 0 Å². The van der Waals surface area contributed by atoms with Gasteiger partial charge in [0.05, 0.1) is 7.11 Å². The van der Waals surface area contributed by atoms with Crippen molar-refractivity contribution in [2.45, 2.75) is 24.9 Å². The fraction of sp³-hybridized carbons (Fsp3) is 0.300. The molecular weight excluding hydrogens is 443 g/mol. The Morgan fingerprint density at radius 2 is 1.88 bits per heavy atom. The Morgan fingerprint density at radius 3 is 2.50 bits per heavy atom. The van der Waals surface area contributed by atoms with Crippen LogP contribution in [0.1, 0.15) is 23.4 Å². The van der Waals surface area contributed by atoms with Gasteiger partial charge in [-0.1, -0.05) is 36.4 Å². The van der Waals surface area contributed by atoms with Crippen LogP contribution in [0.5, 0.6) is 5.75 Å². The van der Waals surface area contributed by atoms with Crippen molar-refractivity contribution < 1.29 is 38.7 Å². The molecular formula is C20H23N2O9P. The van der Waals surface area contributed by atoms with E-state index in [1.165, 1.54) is 0 Å². The van der Waals surface area contributed by atoms with E-state index in [1.54, 1.807) is 30.3 Å². The van der Waals surface area contributed by atoms with E-state index in [0.717, 1.165) is 30.9 Å². The molecule has 0 fully saturated rings. The first-order valence-electron chi connectivity index (χ1n) is 9.38. The average Bonchev–Trinajstić information content (AvgIpc) is 2.80. The first-order chi connectivity index (χ1) is 15.2. The number of benzene rings is 2. The zero-order chi connectivity index (χ0) is 23.7. The number of phenols is 1. The van der Waals surface area contributed by atoms with E-state index in [1.807, 2.05) is 0 Å². The summed E-state index contributed by atoms with van der Waals surface area (Å²) in [4.78, 5) is 45.0. The van der Waals surface area contributed by atoms with Crippen LogP contribution in [0.15, 0.2) is 53.7 Å². The lowest BCUT2D eigenvalue weighted by molar-refractivity contribution is -0.143. The highest BCUT2D eigenvalue weighted by Crippen LogP contribution is 2.55. The summed E-state index contributed by atoms with van der Waals surface area (Å²) in [6, 6.07) is 10.7. The van der Waals surface area contributed by atoms with Crippen LogP contribution in [0.3, 0.4) is 0 Å². The largest absolute Gasteiger partial charge is 0.506 e. The van der Waals surface area contributed by atoms with Gasteiger partial charge in [-0.25, -0.2) is 9.59 Å². The molecule has 2 unspecified atom stereocenters. The Bertz CT molecular complexity index is 1000. The van der Waals surface area contributed by atoms with Crippen LogP contribution in [0.4, 0.5) is 10.5 Å². The number of amides is 1. The summed E-state index contributed by atoms with van der Waals surface area (Å²) in [5, 5.41) is 24.6. The quantitative estimate of drug-likeness (QED) is 0.233. The smallest absolute Gasteiger partial charge is 0.408 e. The molecule has 0 aliphatic carbocycles. The summed E-state index contributed by atoms with van der Waals surface area (Å²) < 4.78 is 22.3. The van der Waals surface area contributed by atoms with Gasteiger partial charge < -0.3 is 29.9 Å². The average molecular weight is 466 g/mol. The van der Waals surface area contributed by atoms with Gasteiger partial charge in [0.15, 0.2) is 5.85 Å². The first-order valence-corrected chi connectivity index (χ1v) is 11.3. The van der Waals surface area contributed by atoms with E-state index in [-0.39, 0.29) is 18.6 Å². The van der Waals surface area contributed by atoms with Crippen LogP contribution in [0, 0.1) is 4.91 Å². The number of aliphatic hydroxyl groups is 1. The summed E-state index contributed by atoms with van der Waals surface area (Å²) >= 11 is 0. The number of hydrogen-bond donors (Lipinski definition) is 4. The minimum Gasteiger partial charge on any atom is -0.506 e. The molecule has 172 valence electrons. The molecule has 0 aliphatic rings. The molecule has 0 bridgehead atoms. The lowest BCUT2D eigenvalue weighted by atomic mass is 10.2. The number of nitroso groups, excluding NO2 is 1. The monoisotopic (exact) mass is 466 g/mol. The van der Waals surface area contributed by atoms with E-state index in [0.29, 0.717) is 0 Å². The molecule has 2 aromatic rings. The summed E-state index contributed by atoms with van der Waals surface area (Å²) in [6.07, 6.45) is -1.84. The van der Waals surface area contributed by atoms with E-state index in [4.69, 9.17) is 4.74 Å². The Morgan fingerprint density at radius 1 is 1.19 bits per heavy atom. The van der Waals surface area contributed by atoms with Gasteiger partial charge in [-0.3, -0.25) is 4.57 Å². The third-order valence-corrected chi connectivity index (χ3v) is 6.47. The summed E-state index contributed by atoms with van der Waals surface area (Å²) in [6.45, 7) is -0.0499. The van der Waals surface area contributed by atoms with Gasteiger partial charge in [0, 0.05) is 6.16 Å². The number of ether oxygens (including phenoxy) is 2. The standard InChI is InChI=1S/C20H23N2O9P/c1-30-18(24)15(21-20(26)31-12-13-5-3-2-4-6-13)9-10-32(28,29)19(25)14-7-8-17(23)16(11-14)22-27/h2-8,11,15,19,23,25H,9-10,12H2,1H3,(H,21,26)(H,28,29)/t15-,19?/m0/s1. The van der Waals surface area contributed by atoms with Crippen LogP contribution in [0.25, 0.3) is 0 Å². The van der Waals surface area contributed by atoms with Crippen molar-refractivity contribution >= 4 is 25.1 Å². The second-order valence-electron chi connectivity index (χ2n) is 6.76. The number of esters is 1. The van der Waals surface area contributed by atoms with E-state index < -0.39 is 48.9 Å². The zero-order valence-electron chi connectivity index (χ0n) is 17.1. The van der Waals surface area contributed by atoms with E-state index in [2.05, 4.69) is 15.2 Å². The molecule has 2 aromatic carbocycles. The molecule has 2 rings (SSSR count). The summed E-state index contributed by atoms with van der Waals surface area (Å²) in [5.41, 5.74) is 0.197. The molecule has 0 aliphatic heterocycles. The Kier molecular flexibility index (Phi) is 8.89. The normalized spacial score (nSPS) is 14.5. The molecule has 0 saturated heterocycles. The highest BCUT2D eigenvalue weighted by molar-refractivity contribution is 7.58. The molecule has 0 saturated carbocycles. The van der Waals surface area contributed by atoms with Crippen molar-refractivity contribution in [2.75, 3.05) is 13.3 Å². The lowest BCUT2D eigenvalue weighted by Gasteiger charge is -2.21. The lowest BCUT2D eigenvalue weighted by Crippen LogP contribution is -2.42. The predicted octanol–water partition coefficient (Wildman–Crippen LogP) is 2.91. The number of aromatic hydroxyl groups is 1. The predicted molar refractivity (Wildman–Crippen MR) is 113 cm³/mol. The molecule has 0 radical (unpaired) electrons. The Labute approximate surface area is 183 Å². The highest BCUT2D eigenvalue weighted by Gasteiger charge is 2.34. The van der Waals surface area contributed by atoms with Crippen LogP contribution >= 0.6 is 7.37 Å². The maximum absolute atomic E-state index is 12.6. The van der Waals surface area contributed by atoms with Gasteiger partial charge in [-0.05, 0) is 34.9 Å². The number of phenolic OH excluding ortho intramolecular Hbond substituents is 1. The van der Waals surface area contributed by atoms with Gasteiger partial charge in [-0.2, -0.15) is 0 Å².